The number of anilines is 1. The van der Waals surface area contributed by atoms with Crippen LogP contribution in [0.1, 0.15) is 45.4 Å². The van der Waals surface area contributed by atoms with E-state index in [1.54, 1.807) is 18.5 Å². The first-order chi connectivity index (χ1) is 12.5. The van der Waals surface area contributed by atoms with Gasteiger partial charge in [0.1, 0.15) is 0 Å². The Morgan fingerprint density at radius 2 is 1.65 bits per heavy atom. The van der Waals surface area contributed by atoms with Crippen LogP contribution in [0, 0.1) is 17.8 Å². The average molecular weight is 350 g/mol. The molecule has 1 aromatic heterocycles. The molecule has 0 N–H and O–H groups in total. The van der Waals surface area contributed by atoms with Gasteiger partial charge in [0, 0.05) is 36.5 Å². The molecule has 4 heteroatoms. The molecule has 0 unspecified atom stereocenters. The molecule has 4 aliphatic carbocycles. The predicted octanol–water partition coefficient (Wildman–Crippen LogP) is 3.86. The lowest BCUT2D eigenvalue weighted by molar-refractivity contribution is -0.120. The van der Waals surface area contributed by atoms with Crippen molar-refractivity contribution in [1.82, 2.24) is 4.57 Å². The molecule has 1 heterocycles. The second-order valence-corrected chi connectivity index (χ2v) is 8.97. The number of carbonyl (C=O) groups excluding carboxylic acids is 1. The molecule has 4 aliphatic rings. The molecule has 0 atom stereocenters. The minimum Gasteiger partial charge on any atom is -0.318 e. The third-order valence-electron chi connectivity index (χ3n) is 7.13. The molecule has 1 aromatic carbocycles. The third-order valence-corrected chi connectivity index (χ3v) is 7.13. The maximum atomic E-state index is 12.9. The van der Waals surface area contributed by atoms with Crippen LogP contribution >= 0.6 is 0 Å². The summed E-state index contributed by atoms with van der Waals surface area (Å²) in [5, 5.41) is 1.60. The van der Waals surface area contributed by atoms with E-state index in [0.29, 0.717) is 5.39 Å². The maximum absolute atomic E-state index is 12.9. The summed E-state index contributed by atoms with van der Waals surface area (Å²) in [4.78, 5) is 27.6. The molecule has 4 fully saturated rings. The van der Waals surface area contributed by atoms with Crippen molar-refractivity contribution in [1.29, 1.82) is 0 Å². The lowest BCUT2D eigenvalue weighted by Gasteiger charge is -2.60. The van der Waals surface area contributed by atoms with E-state index >= 15 is 0 Å². The van der Waals surface area contributed by atoms with Crippen LogP contribution in [0.2, 0.25) is 0 Å². The van der Waals surface area contributed by atoms with E-state index in [2.05, 4.69) is 4.90 Å². The van der Waals surface area contributed by atoms with Crippen LogP contribution in [0.25, 0.3) is 10.8 Å². The molecule has 2 aromatic rings. The van der Waals surface area contributed by atoms with Gasteiger partial charge in [0.2, 0.25) is 5.91 Å². The average Bonchev–Trinajstić information content (AvgIpc) is 2.57. The fourth-order valence-corrected chi connectivity index (χ4v) is 6.65. The molecule has 4 bridgehead atoms. The fourth-order valence-electron chi connectivity index (χ4n) is 6.65. The van der Waals surface area contributed by atoms with Gasteiger partial charge in [-0.1, -0.05) is 6.07 Å². The Hall–Kier alpha value is -2.10. The van der Waals surface area contributed by atoms with Crippen molar-refractivity contribution in [2.75, 3.05) is 4.90 Å². The molecule has 26 heavy (non-hydrogen) atoms. The van der Waals surface area contributed by atoms with Gasteiger partial charge in [-0.25, -0.2) is 0 Å². The van der Waals surface area contributed by atoms with Gasteiger partial charge in [-0.3, -0.25) is 9.59 Å². The fraction of sp³-hybridized carbons (Fsp3) is 0.545. The number of fused-ring (bicyclic) bond motifs is 1. The van der Waals surface area contributed by atoms with Crippen LogP contribution in [0.3, 0.4) is 0 Å². The molecule has 0 radical (unpaired) electrons. The number of pyridine rings is 1. The van der Waals surface area contributed by atoms with Crippen LogP contribution in [-0.2, 0) is 11.8 Å². The van der Waals surface area contributed by atoms with Crippen molar-refractivity contribution in [2.24, 2.45) is 24.8 Å². The Kier molecular flexibility index (Phi) is 3.37. The lowest BCUT2D eigenvalue weighted by atomic mass is 9.52. The van der Waals surface area contributed by atoms with Gasteiger partial charge in [0.15, 0.2) is 0 Å². The number of nitrogens with zero attached hydrogens (tertiary/aromatic N) is 2. The number of carbonyl (C=O) groups is 1. The Morgan fingerprint density at radius 3 is 2.23 bits per heavy atom. The van der Waals surface area contributed by atoms with Crippen LogP contribution < -0.4 is 10.5 Å². The summed E-state index contributed by atoms with van der Waals surface area (Å²) in [6.45, 7) is 1.69. The summed E-state index contributed by atoms with van der Waals surface area (Å²) < 4.78 is 1.61. The smallest absolute Gasteiger partial charge is 0.258 e. The van der Waals surface area contributed by atoms with Crippen LogP contribution in [0.15, 0.2) is 35.3 Å². The highest BCUT2D eigenvalue weighted by molar-refractivity contribution is 6.03. The quantitative estimate of drug-likeness (QED) is 0.825. The second-order valence-electron chi connectivity index (χ2n) is 8.97. The molecule has 0 saturated heterocycles. The molecule has 6 rings (SSSR count). The van der Waals surface area contributed by atoms with Crippen molar-refractivity contribution in [3.63, 3.8) is 0 Å². The molecule has 4 saturated carbocycles. The Bertz CT molecular complexity index is 923. The third kappa shape index (κ3) is 2.20. The summed E-state index contributed by atoms with van der Waals surface area (Å²) in [6.07, 6.45) is 9.23. The van der Waals surface area contributed by atoms with Crippen LogP contribution in [0.5, 0.6) is 0 Å². The van der Waals surface area contributed by atoms with Crippen LogP contribution in [-0.4, -0.2) is 16.0 Å². The number of hydrogen-bond acceptors (Lipinski definition) is 2. The van der Waals surface area contributed by atoms with E-state index in [1.165, 1.54) is 19.3 Å². The Labute approximate surface area is 153 Å². The maximum Gasteiger partial charge on any atom is 0.258 e. The van der Waals surface area contributed by atoms with Gasteiger partial charge in [-0.15, -0.1) is 0 Å². The number of amides is 1. The normalized spacial score (nSPS) is 32.2. The first kappa shape index (κ1) is 16.1. The minimum atomic E-state index is -0.0457. The number of hydrogen-bond donors (Lipinski definition) is 0. The largest absolute Gasteiger partial charge is 0.318 e. The van der Waals surface area contributed by atoms with Crippen molar-refractivity contribution in [2.45, 2.75) is 51.0 Å². The molecule has 0 spiro atoms. The first-order valence-corrected chi connectivity index (χ1v) is 9.86. The van der Waals surface area contributed by atoms with Crippen LogP contribution in [0.4, 0.5) is 5.69 Å². The van der Waals surface area contributed by atoms with E-state index in [9.17, 15) is 9.59 Å². The van der Waals surface area contributed by atoms with Gasteiger partial charge in [-0.05, 0) is 74.5 Å². The molecule has 1 amide bonds. The van der Waals surface area contributed by atoms with Crippen molar-refractivity contribution >= 4 is 22.4 Å². The number of benzene rings is 1. The minimum absolute atomic E-state index is 0.00151. The zero-order valence-corrected chi connectivity index (χ0v) is 15.6. The molecule has 0 aliphatic heterocycles. The number of aryl methyl sites for hydroxylation is 1. The van der Waals surface area contributed by atoms with Gasteiger partial charge >= 0.3 is 0 Å². The predicted molar refractivity (Wildman–Crippen MR) is 103 cm³/mol. The highest BCUT2D eigenvalue weighted by Gasteiger charge is 2.54. The summed E-state index contributed by atoms with van der Waals surface area (Å²) in [7, 11) is 1.77. The number of rotatable bonds is 2. The zero-order chi connectivity index (χ0) is 18.1. The van der Waals surface area contributed by atoms with Gasteiger partial charge in [0.05, 0.1) is 5.69 Å². The Morgan fingerprint density at radius 1 is 1.04 bits per heavy atom. The monoisotopic (exact) mass is 350 g/mol. The van der Waals surface area contributed by atoms with E-state index in [4.69, 9.17) is 0 Å². The topological polar surface area (TPSA) is 42.3 Å². The molecular formula is C22H26N2O2. The van der Waals surface area contributed by atoms with Crippen molar-refractivity contribution in [3.05, 3.63) is 40.8 Å². The van der Waals surface area contributed by atoms with Crippen molar-refractivity contribution in [3.8, 4) is 0 Å². The summed E-state index contributed by atoms with van der Waals surface area (Å²) in [5.74, 6) is 2.42. The van der Waals surface area contributed by atoms with Gasteiger partial charge in [-0.2, -0.15) is 0 Å². The summed E-state index contributed by atoms with van der Waals surface area (Å²) in [5.41, 5.74) is 0.878. The number of aromatic nitrogens is 1. The van der Waals surface area contributed by atoms with Crippen molar-refractivity contribution < 1.29 is 4.79 Å². The summed E-state index contributed by atoms with van der Waals surface area (Å²) >= 11 is 0. The lowest BCUT2D eigenvalue weighted by Crippen LogP contribution is -2.61. The van der Waals surface area contributed by atoms with E-state index in [0.717, 1.165) is 48.1 Å². The Balaban J connectivity index is 1.70. The second kappa shape index (κ2) is 5.45. The highest BCUT2D eigenvalue weighted by atomic mass is 16.2. The SMILES string of the molecule is CC(=O)N(c1cccc2c(=O)n(C)ccc12)C12CC3CC(CC(C3)C1)C2. The van der Waals surface area contributed by atoms with E-state index in [1.807, 2.05) is 30.5 Å². The summed E-state index contributed by atoms with van der Waals surface area (Å²) in [6, 6.07) is 7.82. The van der Waals surface area contributed by atoms with Gasteiger partial charge < -0.3 is 9.47 Å². The molecular weight excluding hydrogens is 324 g/mol. The van der Waals surface area contributed by atoms with E-state index in [-0.39, 0.29) is 17.0 Å². The van der Waals surface area contributed by atoms with Gasteiger partial charge in [0.25, 0.3) is 5.56 Å². The first-order valence-electron chi connectivity index (χ1n) is 9.86. The standard InChI is InChI=1S/C22H26N2O2/c1-14(25)24(22-11-15-8-16(12-22)10-17(9-15)13-22)20-5-3-4-19-18(20)6-7-23(2)21(19)26/h3-7,15-17H,8-13H2,1-2H3. The molecule has 136 valence electrons. The highest BCUT2D eigenvalue weighted by Crippen LogP contribution is 2.58. The molecule has 4 nitrogen and oxygen atoms in total. The zero-order valence-electron chi connectivity index (χ0n) is 15.6. The van der Waals surface area contributed by atoms with E-state index < -0.39 is 0 Å².